The van der Waals surface area contributed by atoms with E-state index in [0.29, 0.717) is 12.6 Å². The minimum Gasteiger partial charge on any atom is -0.497 e. The van der Waals surface area contributed by atoms with Gasteiger partial charge in [-0.1, -0.05) is 0 Å². The van der Waals surface area contributed by atoms with Crippen molar-refractivity contribution in [2.75, 3.05) is 28.3 Å². The number of imidazole rings is 2. The van der Waals surface area contributed by atoms with E-state index in [-0.39, 0.29) is 11.9 Å². The fourth-order valence-electron chi connectivity index (χ4n) is 4.02. The van der Waals surface area contributed by atoms with Crippen molar-refractivity contribution >= 4 is 11.0 Å². The summed E-state index contributed by atoms with van der Waals surface area (Å²) >= 11 is 0. The Morgan fingerprint density at radius 1 is 1.00 bits per heavy atom. The molecule has 4 heterocycles. The van der Waals surface area contributed by atoms with E-state index in [0.717, 1.165) is 47.0 Å². The Balaban J connectivity index is 1.57. The van der Waals surface area contributed by atoms with Gasteiger partial charge >= 0.3 is 0 Å². The maximum absolute atomic E-state index is 13.5. The van der Waals surface area contributed by atoms with Crippen molar-refractivity contribution in [1.29, 1.82) is 0 Å². The molecule has 2 atom stereocenters. The van der Waals surface area contributed by atoms with Gasteiger partial charge in [-0.25, -0.2) is 14.4 Å². The molecule has 4 aromatic rings. The second-order valence-corrected chi connectivity index (χ2v) is 9.10. The third kappa shape index (κ3) is 4.86. The molecule has 0 N–H and O–H groups in total. The number of hydrogen-bond acceptors (Lipinski definition) is 5. The van der Waals surface area contributed by atoms with Crippen LogP contribution in [0.15, 0.2) is 42.9 Å². The van der Waals surface area contributed by atoms with Crippen molar-refractivity contribution in [2.45, 2.75) is 45.3 Å². The summed E-state index contributed by atoms with van der Waals surface area (Å²) in [4.78, 5) is 14.1. The van der Waals surface area contributed by atoms with Gasteiger partial charge in [-0.15, -0.1) is 0 Å². The van der Waals surface area contributed by atoms with Crippen molar-refractivity contribution in [3.05, 3.63) is 66.0 Å². The third-order valence-corrected chi connectivity index (χ3v) is 6.56. The molecule has 33 heavy (non-hydrogen) atoms. The summed E-state index contributed by atoms with van der Waals surface area (Å²) in [7, 11) is 7.97. The van der Waals surface area contributed by atoms with Crippen molar-refractivity contribution in [1.82, 2.24) is 28.6 Å². The highest BCUT2D eigenvalue weighted by atomic mass is 19.1. The van der Waals surface area contributed by atoms with Crippen molar-refractivity contribution in [2.24, 2.45) is 0 Å². The number of nitrogens with zero attached hydrogens (tertiary/aromatic N) is 6. The lowest BCUT2D eigenvalue weighted by Gasteiger charge is -2.23. The van der Waals surface area contributed by atoms with E-state index in [9.17, 15) is 4.39 Å². The average molecular weight is 453 g/mol. The molecule has 2 unspecified atom stereocenters. The molecule has 0 aliphatic carbocycles. The van der Waals surface area contributed by atoms with Gasteiger partial charge in [-0.3, -0.25) is 4.90 Å². The lowest BCUT2D eigenvalue weighted by atomic mass is 10.2. The molecule has 4 aromatic heterocycles. The topological polar surface area (TPSA) is 50.3 Å². The maximum Gasteiger partial charge on any atom is 0.126 e. The Kier molecular flexibility index (Phi) is 6.67. The van der Waals surface area contributed by atoms with Gasteiger partial charge in [0.15, 0.2) is 0 Å². The first-order valence-electron chi connectivity index (χ1n) is 11.3. The lowest BCUT2D eigenvalue weighted by Crippen LogP contribution is -2.31. The quantitative estimate of drug-likeness (QED) is 0.388. The molecule has 0 bridgehead atoms. The standard InChI is InChI=1S/C25H33FN6O/c1-17(29(3)4)11-25-28-22(23-14-21(33-6)8-10-32(23)25)16-30(5)18(2)12-24-27-15-20-13-19(26)7-9-31(20)24/h7-10,13-15,17-18H,11-12,16H2,1-6H3. The Bertz CT molecular complexity index is 1250. The zero-order valence-electron chi connectivity index (χ0n) is 20.3. The van der Waals surface area contributed by atoms with Gasteiger partial charge in [0.25, 0.3) is 0 Å². The normalized spacial score (nSPS) is 14.0. The second-order valence-electron chi connectivity index (χ2n) is 9.10. The van der Waals surface area contributed by atoms with E-state index in [4.69, 9.17) is 9.72 Å². The van der Waals surface area contributed by atoms with Gasteiger partial charge in [-0.05, 0) is 53.2 Å². The van der Waals surface area contributed by atoms with E-state index in [1.54, 1.807) is 19.5 Å². The van der Waals surface area contributed by atoms with Crippen LogP contribution in [0.3, 0.4) is 0 Å². The molecule has 7 nitrogen and oxygen atoms in total. The molecule has 4 rings (SSSR count). The summed E-state index contributed by atoms with van der Waals surface area (Å²) in [5.41, 5.74) is 2.86. The van der Waals surface area contributed by atoms with Gasteiger partial charge in [0.2, 0.25) is 0 Å². The Morgan fingerprint density at radius 2 is 1.73 bits per heavy atom. The number of likely N-dealkylation sites (N-methyl/N-ethyl adjacent to an activating group) is 2. The van der Waals surface area contributed by atoms with Crippen LogP contribution in [0.2, 0.25) is 0 Å². The fraction of sp³-hybridized carbons (Fsp3) is 0.440. The number of hydrogen-bond donors (Lipinski definition) is 0. The third-order valence-electron chi connectivity index (χ3n) is 6.56. The highest BCUT2D eigenvalue weighted by molar-refractivity contribution is 5.57. The van der Waals surface area contributed by atoms with Crippen LogP contribution < -0.4 is 4.74 Å². The van der Waals surface area contributed by atoms with Crippen molar-refractivity contribution in [3.63, 3.8) is 0 Å². The van der Waals surface area contributed by atoms with Gasteiger partial charge in [-0.2, -0.15) is 0 Å². The molecule has 0 aromatic carbocycles. The molecular weight excluding hydrogens is 419 g/mol. The van der Waals surface area contributed by atoms with Crippen molar-refractivity contribution in [3.8, 4) is 5.75 Å². The Hall–Kier alpha value is -2.97. The van der Waals surface area contributed by atoms with Crippen LogP contribution in [0, 0.1) is 5.82 Å². The van der Waals surface area contributed by atoms with Crippen LogP contribution in [-0.4, -0.2) is 68.9 Å². The molecule has 176 valence electrons. The first-order valence-corrected chi connectivity index (χ1v) is 11.3. The second kappa shape index (κ2) is 9.49. The van der Waals surface area contributed by atoms with E-state index >= 15 is 0 Å². The molecule has 0 fully saturated rings. The maximum atomic E-state index is 13.5. The van der Waals surface area contributed by atoms with Crippen molar-refractivity contribution < 1.29 is 9.13 Å². The smallest absolute Gasteiger partial charge is 0.126 e. The first kappa shape index (κ1) is 23.2. The monoisotopic (exact) mass is 452 g/mol. The number of halogens is 1. The molecule has 8 heteroatoms. The molecule has 0 radical (unpaired) electrons. The molecule has 0 aliphatic rings. The highest BCUT2D eigenvalue weighted by Crippen LogP contribution is 2.23. The summed E-state index contributed by atoms with van der Waals surface area (Å²) < 4.78 is 23.1. The minimum atomic E-state index is -0.249. The predicted octanol–water partition coefficient (Wildman–Crippen LogP) is 3.69. The fourth-order valence-corrected chi connectivity index (χ4v) is 4.02. The molecule has 0 saturated heterocycles. The van der Waals surface area contributed by atoms with Gasteiger partial charge in [0.05, 0.1) is 30.0 Å². The number of methoxy groups -OCH3 is 1. The van der Waals surface area contributed by atoms with E-state index in [2.05, 4.69) is 60.2 Å². The highest BCUT2D eigenvalue weighted by Gasteiger charge is 2.19. The molecular formula is C25H33FN6O. The predicted molar refractivity (Wildman–Crippen MR) is 128 cm³/mol. The number of pyridine rings is 2. The lowest BCUT2D eigenvalue weighted by molar-refractivity contribution is 0.243. The van der Waals surface area contributed by atoms with Crippen LogP contribution in [-0.2, 0) is 19.4 Å². The van der Waals surface area contributed by atoms with Crippen LogP contribution in [0.4, 0.5) is 4.39 Å². The summed E-state index contributed by atoms with van der Waals surface area (Å²) in [5.74, 6) is 2.54. The summed E-state index contributed by atoms with van der Waals surface area (Å²) in [6, 6.07) is 7.59. The molecule has 0 amide bonds. The SMILES string of the molecule is COc1ccn2c(CC(C)N(C)C)nc(CN(C)C(C)Cc3ncc4cc(F)ccn34)c2c1. The molecule has 0 aliphatic heterocycles. The van der Waals surface area contributed by atoms with Crippen LogP contribution in [0.1, 0.15) is 31.2 Å². The van der Waals surface area contributed by atoms with E-state index in [1.165, 1.54) is 12.1 Å². The van der Waals surface area contributed by atoms with Crippen LogP contribution in [0.25, 0.3) is 11.0 Å². The zero-order chi connectivity index (χ0) is 23.7. The molecule has 0 saturated carbocycles. The van der Waals surface area contributed by atoms with Gasteiger partial charge < -0.3 is 18.4 Å². The first-order chi connectivity index (χ1) is 15.8. The van der Waals surface area contributed by atoms with Gasteiger partial charge in [0, 0.05) is 49.9 Å². The largest absolute Gasteiger partial charge is 0.497 e. The summed E-state index contributed by atoms with van der Waals surface area (Å²) in [5, 5.41) is 0. The van der Waals surface area contributed by atoms with Crippen LogP contribution >= 0.6 is 0 Å². The number of ether oxygens (including phenoxy) is 1. The van der Waals surface area contributed by atoms with E-state index in [1.807, 2.05) is 16.7 Å². The zero-order valence-corrected chi connectivity index (χ0v) is 20.3. The Morgan fingerprint density at radius 3 is 2.45 bits per heavy atom. The minimum absolute atomic E-state index is 0.215. The Labute approximate surface area is 194 Å². The average Bonchev–Trinajstić information content (AvgIpc) is 3.33. The number of aromatic nitrogens is 4. The number of fused-ring (bicyclic) bond motifs is 2. The molecule has 0 spiro atoms. The summed E-state index contributed by atoms with van der Waals surface area (Å²) in [6.07, 6.45) is 7.11. The number of rotatable bonds is 9. The summed E-state index contributed by atoms with van der Waals surface area (Å²) in [6.45, 7) is 5.09. The van der Waals surface area contributed by atoms with Gasteiger partial charge in [0.1, 0.15) is 23.2 Å². The van der Waals surface area contributed by atoms with Crippen LogP contribution in [0.5, 0.6) is 5.75 Å². The van der Waals surface area contributed by atoms with E-state index < -0.39 is 0 Å².